The second-order valence-corrected chi connectivity index (χ2v) is 6.62. The van der Waals surface area contributed by atoms with E-state index in [4.69, 9.17) is 0 Å². The predicted molar refractivity (Wildman–Crippen MR) is 86.2 cm³/mol. The van der Waals surface area contributed by atoms with Gasteiger partial charge in [0.1, 0.15) is 0 Å². The first-order valence-electron chi connectivity index (χ1n) is 7.28. The van der Waals surface area contributed by atoms with Crippen LogP contribution in [-0.4, -0.2) is 35.8 Å². The molecule has 0 saturated carbocycles. The highest BCUT2D eigenvalue weighted by Gasteiger charge is 2.21. The van der Waals surface area contributed by atoms with E-state index in [-0.39, 0.29) is 5.91 Å². The van der Waals surface area contributed by atoms with Crippen LogP contribution in [0.25, 0.3) is 0 Å². The summed E-state index contributed by atoms with van der Waals surface area (Å²) in [5, 5.41) is 2.08. The fourth-order valence-corrected chi connectivity index (χ4v) is 3.55. The standard InChI is InChI=1S/C17H20N2OS/c1-18(12-16-7-4-10-21-16)13-17(20)19-9-8-14-5-2-3-6-15(14)11-19/h2-7,10H,8-9,11-13H2,1H3. The monoisotopic (exact) mass is 300 g/mol. The third-order valence-corrected chi connectivity index (χ3v) is 4.76. The van der Waals surface area contributed by atoms with Crippen molar-refractivity contribution >= 4 is 17.2 Å². The van der Waals surface area contributed by atoms with Crippen molar-refractivity contribution in [3.63, 3.8) is 0 Å². The summed E-state index contributed by atoms with van der Waals surface area (Å²) in [6.45, 7) is 2.92. The quantitative estimate of drug-likeness (QED) is 0.867. The highest BCUT2D eigenvalue weighted by atomic mass is 32.1. The number of fused-ring (bicyclic) bond motifs is 1. The number of benzene rings is 1. The summed E-state index contributed by atoms with van der Waals surface area (Å²) in [6, 6.07) is 12.6. The Morgan fingerprint density at radius 3 is 2.81 bits per heavy atom. The maximum atomic E-state index is 12.4. The number of carbonyl (C=O) groups is 1. The molecule has 3 nitrogen and oxygen atoms in total. The van der Waals surface area contributed by atoms with E-state index in [0.29, 0.717) is 6.54 Å². The lowest BCUT2D eigenvalue weighted by atomic mass is 10.00. The number of amides is 1. The van der Waals surface area contributed by atoms with Crippen molar-refractivity contribution in [2.75, 3.05) is 20.1 Å². The Labute approximate surface area is 129 Å². The zero-order valence-electron chi connectivity index (χ0n) is 12.3. The van der Waals surface area contributed by atoms with Gasteiger partial charge in [0.05, 0.1) is 6.54 Å². The Hall–Kier alpha value is -1.65. The van der Waals surface area contributed by atoms with Crippen molar-refractivity contribution in [2.45, 2.75) is 19.5 Å². The molecule has 0 spiro atoms. The first-order chi connectivity index (χ1) is 10.2. The van der Waals surface area contributed by atoms with Crippen LogP contribution in [0.15, 0.2) is 41.8 Å². The number of nitrogens with zero attached hydrogens (tertiary/aromatic N) is 2. The van der Waals surface area contributed by atoms with E-state index in [1.54, 1.807) is 11.3 Å². The van der Waals surface area contributed by atoms with Gasteiger partial charge in [-0.1, -0.05) is 30.3 Å². The first kappa shape index (κ1) is 14.3. The molecular formula is C17H20N2OS. The molecule has 2 aromatic rings. The Morgan fingerprint density at radius 1 is 1.24 bits per heavy atom. The van der Waals surface area contributed by atoms with Gasteiger partial charge < -0.3 is 4.90 Å². The molecule has 3 rings (SSSR count). The molecule has 1 aliphatic rings. The van der Waals surface area contributed by atoms with Crippen LogP contribution in [0, 0.1) is 0 Å². The lowest BCUT2D eigenvalue weighted by molar-refractivity contribution is -0.133. The summed E-state index contributed by atoms with van der Waals surface area (Å²) in [4.78, 5) is 17.8. The van der Waals surface area contributed by atoms with Crippen LogP contribution in [0.3, 0.4) is 0 Å². The van der Waals surface area contributed by atoms with Crippen LogP contribution in [0.1, 0.15) is 16.0 Å². The van der Waals surface area contributed by atoms with Crippen molar-refractivity contribution in [1.29, 1.82) is 0 Å². The summed E-state index contributed by atoms with van der Waals surface area (Å²) in [7, 11) is 2.01. The van der Waals surface area contributed by atoms with Gasteiger partial charge >= 0.3 is 0 Å². The molecule has 0 aliphatic carbocycles. The maximum Gasteiger partial charge on any atom is 0.237 e. The van der Waals surface area contributed by atoms with E-state index < -0.39 is 0 Å². The molecule has 2 heterocycles. The lowest BCUT2D eigenvalue weighted by Gasteiger charge is -2.30. The molecule has 0 bridgehead atoms. The number of rotatable bonds is 4. The molecule has 0 unspecified atom stereocenters. The van der Waals surface area contributed by atoms with Crippen LogP contribution in [0.5, 0.6) is 0 Å². The molecule has 1 aromatic carbocycles. The largest absolute Gasteiger partial charge is 0.337 e. The van der Waals surface area contributed by atoms with Crippen LogP contribution in [0.2, 0.25) is 0 Å². The van der Waals surface area contributed by atoms with Gasteiger partial charge in [-0.3, -0.25) is 9.69 Å². The molecule has 1 aliphatic heterocycles. The summed E-state index contributed by atoms with van der Waals surface area (Å²) in [5.74, 6) is 0.226. The summed E-state index contributed by atoms with van der Waals surface area (Å²) >= 11 is 1.74. The van der Waals surface area contributed by atoms with Gasteiger partial charge in [0.2, 0.25) is 5.91 Å². The molecule has 0 N–H and O–H groups in total. The SMILES string of the molecule is CN(CC(=O)N1CCc2ccccc2C1)Cc1cccs1. The highest BCUT2D eigenvalue weighted by molar-refractivity contribution is 7.09. The number of carbonyl (C=O) groups excluding carboxylic acids is 1. The molecule has 1 aromatic heterocycles. The van der Waals surface area contributed by atoms with Gasteiger partial charge in [-0.15, -0.1) is 11.3 Å². The van der Waals surface area contributed by atoms with E-state index >= 15 is 0 Å². The third kappa shape index (κ3) is 3.52. The summed E-state index contributed by atoms with van der Waals surface area (Å²) in [6.07, 6.45) is 0.969. The van der Waals surface area contributed by atoms with E-state index in [2.05, 4.69) is 46.7 Å². The topological polar surface area (TPSA) is 23.6 Å². The van der Waals surface area contributed by atoms with E-state index in [1.165, 1.54) is 16.0 Å². The second-order valence-electron chi connectivity index (χ2n) is 5.59. The molecule has 4 heteroatoms. The Bertz CT molecular complexity index is 609. The smallest absolute Gasteiger partial charge is 0.237 e. The normalized spacial score (nSPS) is 14.3. The molecule has 0 fully saturated rings. The Balaban J connectivity index is 1.56. The zero-order valence-corrected chi connectivity index (χ0v) is 13.1. The predicted octanol–water partition coefficient (Wildman–Crippen LogP) is 2.76. The van der Waals surface area contributed by atoms with Gasteiger partial charge in [0.15, 0.2) is 0 Å². The van der Waals surface area contributed by atoms with Crippen LogP contribution in [-0.2, 0) is 24.3 Å². The molecule has 21 heavy (non-hydrogen) atoms. The zero-order chi connectivity index (χ0) is 14.7. The van der Waals surface area contributed by atoms with Crippen molar-refractivity contribution in [1.82, 2.24) is 9.80 Å². The van der Waals surface area contributed by atoms with Crippen molar-refractivity contribution in [3.05, 3.63) is 57.8 Å². The van der Waals surface area contributed by atoms with Crippen LogP contribution < -0.4 is 0 Å². The van der Waals surface area contributed by atoms with Gasteiger partial charge in [-0.25, -0.2) is 0 Å². The summed E-state index contributed by atoms with van der Waals surface area (Å²) in [5.41, 5.74) is 2.67. The van der Waals surface area contributed by atoms with Crippen LogP contribution >= 0.6 is 11.3 Å². The molecular weight excluding hydrogens is 280 g/mol. The van der Waals surface area contributed by atoms with E-state index in [0.717, 1.165) is 26.1 Å². The van der Waals surface area contributed by atoms with Gasteiger partial charge in [0, 0.05) is 24.5 Å². The average Bonchev–Trinajstić information content (AvgIpc) is 2.99. The number of hydrogen-bond acceptors (Lipinski definition) is 3. The molecule has 0 radical (unpaired) electrons. The fourth-order valence-electron chi connectivity index (χ4n) is 2.76. The lowest BCUT2D eigenvalue weighted by Crippen LogP contribution is -2.41. The molecule has 0 saturated heterocycles. The molecule has 0 atom stereocenters. The molecule has 1 amide bonds. The van der Waals surface area contributed by atoms with Crippen molar-refractivity contribution in [3.8, 4) is 0 Å². The number of hydrogen-bond donors (Lipinski definition) is 0. The minimum atomic E-state index is 0.226. The van der Waals surface area contributed by atoms with Crippen molar-refractivity contribution in [2.24, 2.45) is 0 Å². The maximum absolute atomic E-state index is 12.4. The second kappa shape index (κ2) is 6.41. The Morgan fingerprint density at radius 2 is 2.05 bits per heavy atom. The number of thiophene rings is 1. The van der Waals surface area contributed by atoms with E-state index in [9.17, 15) is 4.79 Å². The molecule has 110 valence electrons. The number of likely N-dealkylation sites (N-methyl/N-ethyl adjacent to an activating group) is 1. The minimum Gasteiger partial charge on any atom is -0.337 e. The fraction of sp³-hybridized carbons (Fsp3) is 0.353. The van der Waals surface area contributed by atoms with Gasteiger partial charge in [-0.05, 0) is 36.0 Å². The Kier molecular flexibility index (Phi) is 4.36. The van der Waals surface area contributed by atoms with Gasteiger partial charge in [0.25, 0.3) is 0 Å². The minimum absolute atomic E-state index is 0.226. The van der Waals surface area contributed by atoms with E-state index in [1.807, 2.05) is 11.9 Å². The van der Waals surface area contributed by atoms with Gasteiger partial charge in [-0.2, -0.15) is 0 Å². The summed E-state index contributed by atoms with van der Waals surface area (Å²) < 4.78 is 0. The average molecular weight is 300 g/mol. The van der Waals surface area contributed by atoms with Crippen molar-refractivity contribution < 1.29 is 4.79 Å². The van der Waals surface area contributed by atoms with Crippen LogP contribution in [0.4, 0.5) is 0 Å². The third-order valence-electron chi connectivity index (χ3n) is 3.89. The highest BCUT2D eigenvalue weighted by Crippen LogP contribution is 2.19. The first-order valence-corrected chi connectivity index (χ1v) is 8.16.